The summed E-state index contributed by atoms with van der Waals surface area (Å²) >= 11 is 7.60. The van der Waals surface area contributed by atoms with E-state index in [0.29, 0.717) is 22.9 Å². The molecule has 0 unspecified atom stereocenters. The number of amides is 1. The third kappa shape index (κ3) is 3.46. The van der Waals surface area contributed by atoms with E-state index in [1.807, 2.05) is 12.3 Å². The molecule has 0 aromatic carbocycles. The lowest BCUT2D eigenvalue weighted by atomic mass is 10.2. The number of carbonyl (C=O) groups is 1. The van der Waals surface area contributed by atoms with Crippen LogP contribution in [-0.4, -0.2) is 34.4 Å². The van der Waals surface area contributed by atoms with Crippen molar-refractivity contribution in [2.45, 2.75) is 13.5 Å². The van der Waals surface area contributed by atoms with Crippen LogP contribution in [0.25, 0.3) is 0 Å². The molecule has 0 radical (unpaired) electrons. The van der Waals surface area contributed by atoms with Gasteiger partial charge >= 0.3 is 0 Å². The van der Waals surface area contributed by atoms with Gasteiger partial charge in [0, 0.05) is 25.2 Å². The highest BCUT2D eigenvalue weighted by atomic mass is 35.5. The number of aromatic nitrogens is 2. The number of anilines is 1. The van der Waals surface area contributed by atoms with Gasteiger partial charge in [0.05, 0.1) is 28.3 Å². The molecular weight excluding hydrogens is 296 g/mol. The summed E-state index contributed by atoms with van der Waals surface area (Å²) in [4.78, 5) is 22.2. The Kier molecular flexibility index (Phi) is 4.92. The smallest absolute Gasteiger partial charge is 0.255 e. The minimum Gasteiger partial charge on any atom is -0.369 e. The predicted octanol–water partition coefficient (Wildman–Crippen LogP) is 2.90. The van der Waals surface area contributed by atoms with E-state index in [4.69, 9.17) is 11.6 Å². The van der Waals surface area contributed by atoms with Crippen molar-refractivity contribution in [3.05, 3.63) is 39.4 Å². The normalized spacial score (nSPS) is 10.3. The summed E-state index contributed by atoms with van der Waals surface area (Å²) in [6.45, 7) is 3.15. The van der Waals surface area contributed by atoms with Gasteiger partial charge in [0.25, 0.3) is 5.91 Å². The van der Waals surface area contributed by atoms with Gasteiger partial charge in [-0.3, -0.25) is 4.79 Å². The number of pyridine rings is 1. The first-order valence-electron chi connectivity index (χ1n) is 6.13. The van der Waals surface area contributed by atoms with Crippen LogP contribution in [0.5, 0.6) is 0 Å². The van der Waals surface area contributed by atoms with Gasteiger partial charge in [0.2, 0.25) is 0 Å². The minimum absolute atomic E-state index is 0.129. The zero-order chi connectivity index (χ0) is 14.5. The average molecular weight is 311 g/mol. The van der Waals surface area contributed by atoms with Crippen molar-refractivity contribution in [2.75, 3.05) is 18.9 Å². The molecule has 7 heteroatoms. The Hall–Kier alpha value is -1.66. The summed E-state index contributed by atoms with van der Waals surface area (Å²) < 4.78 is 0. The van der Waals surface area contributed by atoms with E-state index in [1.165, 1.54) is 17.5 Å². The highest BCUT2D eigenvalue weighted by Gasteiger charge is 2.15. The van der Waals surface area contributed by atoms with Crippen molar-refractivity contribution in [1.82, 2.24) is 14.9 Å². The van der Waals surface area contributed by atoms with Crippen LogP contribution in [0.3, 0.4) is 0 Å². The molecular formula is C13H15ClN4OS. The SMILES string of the molecule is CCNc1ncc(C(=O)N(C)Cc2cscn2)cc1Cl. The monoisotopic (exact) mass is 310 g/mol. The summed E-state index contributed by atoms with van der Waals surface area (Å²) in [5.41, 5.74) is 3.08. The number of nitrogens with zero attached hydrogens (tertiary/aromatic N) is 3. The van der Waals surface area contributed by atoms with Crippen LogP contribution in [-0.2, 0) is 6.54 Å². The first-order chi connectivity index (χ1) is 9.61. The van der Waals surface area contributed by atoms with Gasteiger partial charge in [-0.15, -0.1) is 11.3 Å². The molecule has 2 aromatic rings. The van der Waals surface area contributed by atoms with Crippen molar-refractivity contribution >= 4 is 34.7 Å². The maximum absolute atomic E-state index is 12.3. The lowest BCUT2D eigenvalue weighted by molar-refractivity contribution is 0.0783. The predicted molar refractivity (Wildman–Crippen MR) is 81.3 cm³/mol. The number of hydrogen-bond donors (Lipinski definition) is 1. The van der Waals surface area contributed by atoms with Crippen LogP contribution in [0.2, 0.25) is 5.02 Å². The van der Waals surface area contributed by atoms with Gasteiger partial charge < -0.3 is 10.2 Å². The number of thiazole rings is 1. The molecule has 5 nitrogen and oxygen atoms in total. The summed E-state index contributed by atoms with van der Waals surface area (Å²) in [5.74, 6) is 0.461. The largest absolute Gasteiger partial charge is 0.369 e. The highest BCUT2D eigenvalue weighted by Crippen LogP contribution is 2.20. The van der Waals surface area contributed by atoms with Gasteiger partial charge in [0.1, 0.15) is 5.82 Å². The fraction of sp³-hybridized carbons (Fsp3) is 0.308. The molecule has 0 aliphatic rings. The molecule has 1 amide bonds. The van der Waals surface area contributed by atoms with Crippen LogP contribution in [0.15, 0.2) is 23.2 Å². The average Bonchev–Trinajstić information content (AvgIpc) is 2.93. The second-order valence-corrected chi connectivity index (χ2v) is 5.35. The quantitative estimate of drug-likeness (QED) is 0.922. The van der Waals surface area contributed by atoms with E-state index in [2.05, 4.69) is 15.3 Å². The van der Waals surface area contributed by atoms with Crippen LogP contribution in [0.1, 0.15) is 23.0 Å². The van der Waals surface area contributed by atoms with E-state index >= 15 is 0 Å². The standard InChI is InChI=1S/C13H15ClN4OS/c1-3-15-12-11(14)4-9(5-16-12)13(19)18(2)6-10-7-20-8-17-10/h4-5,7-8H,3,6H2,1-2H3,(H,15,16). The third-order valence-corrected chi connectivity index (χ3v) is 3.59. The molecule has 20 heavy (non-hydrogen) atoms. The first kappa shape index (κ1) is 14.7. The van der Waals surface area contributed by atoms with Gasteiger partial charge in [-0.1, -0.05) is 11.6 Å². The molecule has 0 aliphatic heterocycles. The Morgan fingerprint density at radius 3 is 2.90 bits per heavy atom. The zero-order valence-electron chi connectivity index (χ0n) is 11.3. The summed E-state index contributed by atoms with van der Waals surface area (Å²) in [6.07, 6.45) is 1.53. The van der Waals surface area contributed by atoms with Crippen LogP contribution < -0.4 is 5.32 Å². The maximum Gasteiger partial charge on any atom is 0.255 e. The summed E-state index contributed by atoms with van der Waals surface area (Å²) in [6, 6.07) is 1.63. The minimum atomic E-state index is -0.129. The molecule has 0 saturated heterocycles. The molecule has 2 heterocycles. The number of hydrogen-bond acceptors (Lipinski definition) is 5. The maximum atomic E-state index is 12.3. The Bertz CT molecular complexity index is 588. The zero-order valence-corrected chi connectivity index (χ0v) is 12.8. The van der Waals surface area contributed by atoms with E-state index < -0.39 is 0 Å². The highest BCUT2D eigenvalue weighted by molar-refractivity contribution is 7.07. The first-order valence-corrected chi connectivity index (χ1v) is 7.45. The van der Waals surface area contributed by atoms with Gasteiger partial charge in [-0.05, 0) is 13.0 Å². The van der Waals surface area contributed by atoms with Gasteiger partial charge in [-0.25, -0.2) is 9.97 Å². The van der Waals surface area contributed by atoms with Crippen molar-refractivity contribution in [3.8, 4) is 0 Å². The second kappa shape index (κ2) is 6.67. The van der Waals surface area contributed by atoms with Crippen LogP contribution in [0, 0.1) is 0 Å². The van der Waals surface area contributed by atoms with Crippen molar-refractivity contribution in [3.63, 3.8) is 0 Å². The fourth-order valence-corrected chi connectivity index (χ4v) is 2.49. The molecule has 1 N–H and O–H groups in total. The van der Waals surface area contributed by atoms with E-state index in [-0.39, 0.29) is 5.91 Å². The summed E-state index contributed by atoms with van der Waals surface area (Å²) in [5, 5.41) is 5.40. The van der Waals surface area contributed by atoms with Gasteiger partial charge in [-0.2, -0.15) is 0 Å². The van der Waals surface area contributed by atoms with E-state index in [9.17, 15) is 4.79 Å². The van der Waals surface area contributed by atoms with Crippen molar-refractivity contribution in [2.24, 2.45) is 0 Å². The Morgan fingerprint density at radius 1 is 1.50 bits per heavy atom. The Labute approximate surface area is 126 Å². The third-order valence-electron chi connectivity index (χ3n) is 2.66. The second-order valence-electron chi connectivity index (χ2n) is 4.23. The molecule has 2 rings (SSSR count). The Balaban J connectivity index is 2.10. The fourth-order valence-electron chi connectivity index (χ4n) is 1.70. The number of carbonyl (C=O) groups excluding carboxylic acids is 1. The van der Waals surface area contributed by atoms with Crippen LogP contribution >= 0.6 is 22.9 Å². The van der Waals surface area contributed by atoms with Crippen LogP contribution in [0.4, 0.5) is 5.82 Å². The molecule has 0 fully saturated rings. The lowest BCUT2D eigenvalue weighted by Crippen LogP contribution is -2.26. The van der Waals surface area contributed by atoms with E-state index in [0.717, 1.165) is 12.2 Å². The molecule has 0 aliphatic carbocycles. The molecule has 0 atom stereocenters. The molecule has 0 bridgehead atoms. The molecule has 0 spiro atoms. The lowest BCUT2D eigenvalue weighted by Gasteiger charge is -2.16. The topological polar surface area (TPSA) is 58.1 Å². The number of halogens is 1. The summed E-state index contributed by atoms with van der Waals surface area (Å²) in [7, 11) is 1.73. The van der Waals surface area contributed by atoms with Gasteiger partial charge in [0.15, 0.2) is 0 Å². The van der Waals surface area contributed by atoms with Crippen molar-refractivity contribution < 1.29 is 4.79 Å². The van der Waals surface area contributed by atoms with Crippen molar-refractivity contribution in [1.29, 1.82) is 0 Å². The van der Waals surface area contributed by atoms with E-state index in [1.54, 1.807) is 23.5 Å². The number of nitrogens with one attached hydrogen (secondary N) is 1. The molecule has 0 saturated carbocycles. The molecule has 2 aromatic heterocycles. The Morgan fingerprint density at radius 2 is 2.30 bits per heavy atom. The molecule has 106 valence electrons. The number of rotatable bonds is 5.